The summed E-state index contributed by atoms with van der Waals surface area (Å²) in [5.74, 6) is 0. The van der Waals surface area contributed by atoms with Gasteiger partial charge in [-0.25, -0.2) is 0 Å². The maximum Gasteiger partial charge on any atom is 0.0712 e. The second-order valence-corrected chi connectivity index (χ2v) is 3.81. The molecule has 3 rings (SSSR count). The summed E-state index contributed by atoms with van der Waals surface area (Å²) in [6.07, 6.45) is 1.87. The lowest BCUT2D eigenvalue weighted by atomic mass is 10.0. The Bertz CT molecular complexity index is 661. The van der Waals surface area contributed by atoms with Crippen molar-refractivity contribution in [1.82, 2.24) is 4.98 Å². The van der Waals surface area contributed by atoms with Gasteiger partial charge >= 0.3 is 0 Å². The number of aliphatic hydroxyl groups excluding tert-OH is 1. The fraction of sp³-hybridized carbons (Fsp3) is 0.0714. The third kappa shape index (κ3) is 1.27. The molecule has 0 saturated carbocycles. The van der Waals surface area contributed by atoms with Crippen LogP contribution in [0.5, 0.6) is 0 Å². The molecule has 78 valence electrons. The van der Waals surface area contributed by atoms with E-state index in [0.29, 0.717) is 0 Å². The highest BCUT2D eigenvalue weighted by atomic mass is 16.3. The highest BCUT2D eigenvalue weighted by molar-refractivity contribution is 6.06. The molecule has 0 spiro atoms. The molecular weight excluding hydrogens is 198 g/mol. The van der Waals surface area contributed by atoms with E-state index in [1.54, 1.807) is 0 Å². The first-order valence-electron chi connectivity index (χ1n) is 5.26. The first-order chi connectivity index (χ1) is 7.90. The Balaban J connectivity index is 2.57. The number of nitrogens with zero attached hydrogens (tertiary/aromatic N) is 1. The fourth-order valence-electron chi connectivity index (χ4n) is 2.11. The van der Waals surface area contributed by atoms with Gasteiger partial charge in [0.25, 0.3) is 0 Å². The third-order valence-electron chi connectivity index (χ3n) is 2.87. The Hall–Kier alpha value is -1.93. The predicted octanol–water partition coefficient (Wildman–Crippen LogP) is 2.88. The minimum atomic E-state index is 0.0486. The van der Waals surface area contributed by atoms with Crippen molar-refractivity contribution >= 4 is 21.7 Å². The number of aliphatic hydroxyl groups is 1. The van der Waals surface area contributed by atoms with Crippen LogP contribution in [0.25, 0.3) is 21.7 Å². The molecule has 0 radical (unpaired) electrons. The van der Waals surface area contributed by atoms with Crippen molar-refractivity contribution in [3.05, 3.63) is 54.2 Å². The molecular formula is C14H11NO. The van der Waals surface area contributed by atoms with Crippen LogP contribution in [-0.4, -0.2) is 10.1 Å². The van der Waals surface area contributed by atoms with E-state index >= 15 is 0 Å². The van der Waals surface area contributed by atoms with Crippen LogP contribution in [0.2, 0.25) is 0 Å². The van der Waals surface area contributed by atoms with Gasteiger partial charge in [0, 0.05) is 17.0 Å². The van der Waals surface area contributed by atoms with Gasteiger partial charge in [-0.15, -0.1) is 0 Å². The summed E-state index contributed by atoms with van der Waals surface area (Å²) in [7, 11) is 0. The van der Waals surface area contributed by atoms with E-state index in [1.807, 2.05) is 42.6 Å². The minimum Gasteiger partial charge on any atom is -0.392 e. The van der Waals surface area contributed by atoms with E-state index in [0.717, 1.165) is 27.2 Å². The summed E-state index contributed by atoms with van der Waals surface area (Å²) in [6.45, 7) is 0.0486. The van der Waals surface area contributed by atoms with Crippen molar-refractivity contribution in [3.8, 4) is 0 Å². The Morgan fingerprint density at radius 2 is 1.88 bits per heavy atom. The molecule has 2 heteroatoms. The molecule has 0 aliphatic carbocycles. The molecule has 2 nitrogen and oxygen atoms in total. The van der Waals surface area contributed by atoms with Crippen molar-refractivity contribution in [3.63, 3.8) is 0 Å². The molecule has 1 heterocycles. The lowest BCUT2D eigenvalue weighted by molar-refractivity contribution is 0.283. The van der Waals surface area contributed by atoms with Crippen molar-refractivity contribution in [2.75, 3.05) is 0 Å². The Morgan fingerprint density at radius 1 is 1.00 bits per heavy atom. The van der Waals surface area contributed by atoms with Crippen LogP contribution in [0, 0.1) is 0 Å². The Kier molecular flexibility index (Phi) is 2.08. The fourth-order valence-corrected chi connectivity index (χ4v) is 2.11. The standard InChI is InChI=1S/C14H11NO/c16-9-11-5-3-7-13-14(11)12-6-2-1-4-10(12)8-15-13/h1-8,16H,9H2. The molecule has 0 atom stereocenters. The van der Waals surface area contributed by atoms with E-state index in [2.05, 4.69) is 11.1 Å². The van der Waals surface area contributed by atoms with Gasteiger partial charge in [-0.3, -0.25) is 4.98 Å². The van der Waals surface area contributed by atoms with Gasteiger partial charge in [0.15, 0.2) is 0 Å². The van der Waals surface area contributed by atoms with Gasteiger partial charge in [-0.2, -0.15) is 0 Å². The molecule has 2 aromatic carbocycles. The maximum absolute atomic E-state index is 9.37. The van der Waals surface area contributed by atoms with E-state index in [1.165, 1.54) is 0 Å². The quantitative estimate of drug-likeness (QED) is 0.625. The molecule has 0 fully saturated rings. The van der Waals surface area contributed by atoms with Crippen LogP contribution in [0.4, 0.5) is 0 Å². The van der Waals surface area contributed by atoms with Crippen molar-refractivity contribution in [2.24, 2.45) is 0 Å². The molecule has 0 unspecified atom stereocenters. The molecule has 1 aromatic heterocycles. The van der Waals surface area contributed by atoms with Crippen LogP contribution in [0.3, 0.4) is 0 Å². The van der Waals surface area contributed by atoms with E-state index in [-0.39, 0.29) is 6.61 Å². The topological polar surface area (TPSA) is 33.1 Å². The van der Waals surface area contributed by atoms with Gasteiger partial charge in [-0.1, -0.05) is 36.4 Å². The number of aromatic nitrogens is 1. The van der Waals surface area contributed by atoms with Gasteiger partial charge in [0.05, 0.1) is 12.1 Å². The summed E-state index contributed by atoms with van der Waals surface area (Å²) in [6, 6.07) is 14.0. The Labute approximate surface area is 93.2 Å². The number of benzene rings is 2. The highest BCUT2D eigenvalue weighted by Crippen LogP contribution is 2.26. The van der Waals surface area contributed by atoms with E-state index < -0.39 is 0 Å². The van der Waals surface area contributed by atoms with Gasteiger partial charge in [0.2, 0.25) is 0 Å². The molecule has 0 aliphatic rings. The number of rotatable bonds is 1. The van der Waals surface area contributed by atoms with Gasteiger partial charge < -0.3 is 5.11 Å². The largest absolute Gasteiger partial charge is 0.392 e. The third-order valence-corrected chi connectivity index (χ3v) is 2.87. The molecule has 3 aromatic rings. The molecule has 16 heavy (non-hydrogen) atoms. The highest BCUT2D eigenvalue weighted by Gasteiger charge is 2.04. The van der Waals surface area contributed by atoms with Crippen molar-refractivity contribution in [1.29, 1.82) is 0 Å². The van der Waals surface area contributed by atoms with Gasteiger partial charge in [-0.05, 0) is 17.0 Å². The molecule has 0 saturated heterocycles. The number of fused-ring (bicyclic) bond motifs is 3. The first-order valence-corrected chi connectivity index (χ1v) is 5.26. The lowest BCUT2D eigenvalue weighted by Gasteiger charge is -2.06. The monoisotopic (exact) mass is 209 g/mol. The molecule has 1 N–H and O–H groups in total. The number of hydrogen-bond donors (Lipinski definition) is 1. The van der Waals surface area contributed by atoms with Crippen LogP contribution in [-0.2, 0) is 6.61 Å². The number of hydrogen-bond acceptors (Lipinski definition) is 2. The van der Waals surface area contributed by atoms with Crippen LogP contribution in [0.15, 0.2) is 48.7 Å². The Morgan fingerprint density at radius 3 is 2.75 bits per heavy atom. The van der Waals surface area contributed by atoms with Crippen LogP contribution >= 0.6 is 0 Å². The zero-order valence-electron chi connectivity index (χ0n) is 8.72. The zero-order valence-corrected chi connectivity index (χ0v) is 8.72. The zero-order chi connectivity index (χ0) is 11.0. The summed E-state index contributed by atoms with van der Waals surface area (Å²) in [5.41, 5.74) is 1.87. The SMILES string of the molecule is OCc1cccc2ncc3ccccc3c12. The average molecular weight is 209 g/mol. The number of pyridine rings is 1. The first kappa shape index (κ1) is 9.31. The van der Waals surface area contributed by atoms with Crippen LogP contribution in [0.1, 0.15) is 5.56 Å². The summed E-state index contributed by atoms with van der Waals surface area (Å²) >= 11 is 0. The second-order valence-electron chi connectivity index (χ2n) is 3.81. The van der Waals surface area contributed by atoms with Crippen molar-refractivity contribution < 1.29 is 5.11 Å². The van der Waals surface area contributed by atoms with E-state index in [9.17, 15) is 5.11 Å². The molecule has 0 amide bonds. The average Bonchev–Trinajstić information content (AvgIpc) is 2.37. The summed E-state index contributed by atoms with van der Waals surface area (Å²) in [5, 5.41) is 12.7. The maximum atomic E-state index is 9.37. The lowest BCUT2D eigenvalue weighted by Crippen LogP contribution is -1.89. The van der Waals surface area contributed by atoms with E-state index in [4.69, 9.17) is 0 Å². The van der Waals surface area contributed by atoms with Crippen LogP contribution < -0.4 is 0 Å². The smallest absolute Gasteiger partial charge is 0.0712 e. The second kappa shape index (κ2) is 3.58. The predicted molar refractivity (Wildman–Crippen MR) is 65.2 cm³/mol. The van der Waals surface area contributed by atoms with Crippen molar-refractivity contribution in [2.45, 2.75) is 6.61 Å². The minimum absolute atomic E-state index is 0.0486. The summed E-state index contributed by atoms with van der Waals surface area (Å²) in [4.78, 5) is 4.41. The van der Waals surface area contributed by atoms with Gasteiger partial charge in [0.1, 0.15) is 0 Å². The molecule has 0 aliphatic heterocycles. The normalized spacial score (nSPS) is 11.1. The molecule has 0 bridgehead atoms. The summed E-state index contributed by atoms with van der Waals surface area (Å²) < 4.78 is 0.